The molecule has 1 aliphatic rings. The van der Waals surface area contributed by atoms with Crippen molar-refractivity contribution in [2.45, 2.75) is 79.7 Å². The average Bonchev–Trinajstić information content (AvgIpc) is 1.61. The summed E-state index contributed by atoms with van der Waals surface area (Å²) in [6.07, 6.45) is 7.37. The number of nitrogens with one attached hydrogen (secondary N) is 2. The van der Waals surface area contributed by atoms with Gasteiger partial charge in [0.1, 0.15) is 34.1 Å². The average molecular weight is 2110 g/mol. The number of pyridine rings is 2. The zero-order valence-corrected chi connectivity index (χ0v) is 87.8. The minimum atomic E-state index is -0.503. The monoisotopic (exact) mass is 2110 g/mol. The van der Waals surface area contributed by atoms with E-state index in [2.05, 4.69) is 412 Å². The first-order valence-corrected chi connectivity index (χ1v) is 53.5. The van der Waals surface area contributed by atoms with E-state index < -0.39 is 61.9 Å². The Bertz CT molecular complexity index is 6470. The zero-order chi connectivity index (χ0) is 99.0. The number of aromatic amines is 2. The van der Waals surface area contributed by atoms with Gasteiger partial charge in [0.05, 0.1) is 28.9 Å². The minimum Gasteiger partial charge on any atom is -0.461 e. The number of fused-ring (bicyclic) bond motifs is 2. The Hall–Kier alpha value is -13.7. The SMILES string of the molecule is CCOC(=O)c1cc2c(-c3cn(CC)nc3-c3cccc(N)c3)ccnc2[nH]1.CCOC(=O)c1cc2c(B3OC(C)(C)C(C)(C)O3)ccnc2[nH]1.CCn1cc(Br)c(-c2cccc(N)c2)n1.[Pd].c1ccc(P(c2ccccc2)c2ccccc2)cc1.c1ccc(P(c2ccccc2)c2ccccc2)cc1.c1ccc(P(c2ccccc2)c2ccccc2)cc1.c1ccc(P(c2ccccc2)c2ccccc2)cc1. The van der Waals surface area contributed by atoms with Crippen LogP contribution < -0.4 is 80.6 Å². The number of benzene rings is 14. The van der Waals surface area contributed by atoms with Gasteiger partial charge < -0.3 is 40.2 Å². The van der Waals surface area contributed by atoms with Gasteiger partial charge in [0.15, 0.2) is 0 Å². The number of rotatable bonds is 22. The molecule has 1 aliphatic heterocycles. The van der Waals surface area contributed by atoms with Gasteiger partial charge in [-0.15, -0.1) is 0 Å². The number of hydrogen-bond acceptors (Lipinski definition) is 12. The van der Waals surface area contributed by atoms with Crippen LogP contribution in [0.25, 0.3) is 55.7 Å². The van der Waals surface area contributed by atoms with Crippen LogP contribution in [-0.4, -0.2) is 83.0 Å². The number of hydrogen-bond donors (Lipinski definition) is 4. The maximum atomic E-state index is 12.1. The molecule has 6 aromatic heterocycles. The van der Waals surface area contributed by atoms with Crippen molar-refractivity contribution < 1.29 is 48.8 Å². The third kappa shape index (κ3) is 27.8. The summed E-state index contributed by atoms with van der Waals surface area (Å²) in [6, 6.07) is 152. The summed E-state index contributed by atoms with van der Waals surface area (Å²) < 4.78 is 27.1. The van der Waals surface area contributed by atoms with E-state index in [1.54, 1.807) is 38.4 Å². The van der Waals surface area contributed by atoms with Crippen LogP contribution >= 0.6 is 47.6 Å². The Morgan fingerprint density at radius 1 is 0.343 bits per heavy atom. The maximum Gasteiger partial charge on any atom is 0.495 e. The number of carbonyl (C=O) groups excluding carboxylic acids is 2. The number of nitrogens with zero attached hydrogens (tertiary/aromatic N) is 6. The predicted octanol–water partition coefficient (Wildman–Crippen LogP) is 22.6. The number of nitrogen functional groups attached to an aromatic ring is 2. The molecule has 0 saturated carbocycles. The Kier molecular flexibility index (Phi) is 38.4. The van der Waals surface area contributed by atoms with Gasteiger partial charge in [0, 0.05) is 97.1 Å². The summed E-state index contributed by atoms with van der Waals surface area (Å²) >= 11 is 3.50. The van der Waals surface area contributed by atoms with Crippen molar-refractivity contribution in [2.75, 3.05) is 24.7 Å². The molecule has 143 heavy (non-hydrogen) atoms. The molecule has 0 aliphatic carbocycles. The van der Waals surface area contributed by atoms with Crippen LogP contribution in [-0.2, 0) is 52.3 Å². The van der Waals surface area contributed by atoms with Crippen molar-refractivity contribution in [3.8, 4) is 33.6 Å². The molecule has 20 aromatic rings. The molecule has 7 heterocycles. The summed E-state index contributed by atoms with van der Waals surface area (Å²) in [4.78, 5) is 38.7. The molecule has 14 aromatic carbocycles. The van der Waals surface area contributed by atoms with Crippen LogP contribution in [0.5, 0.6) is 0 Å². The van der Waals surface area contributed by atoms with Crippen molar-refractivity contribution in [2.24, 2.45) is 0 Å². The fraction of sp³-hybridized carbons (Fsp3) is 0.117. The van der Waals surface area contributed by atoms with E-state index >= 15 is 0 Å². The third-order valence-corrected chi connectivity index (χ3v) is 33.9. The number of carbonyl (C=O) groups is 2. The Labute approximate surface area is 866 Å². The van der Waals surface area contributed by atoms with Crippen molar-refractivity contribution in [1.29, 1.82) is 0 Å². The largest absolute Gasteiger partial charge is 0.495 e. The molecule has 1 fully saturated rings. The Morgan fingerprint density at radius 2 is 0.608 bits per heavy atom. The molecule has 23 heteroatoms. The number of anilines is 2. The fourth-order valence-corrected chi connectivity index (χ4v) is 25.7. The fourth-order valence-electron chi connectivity index (χ4n) is 16.0. The number of H-pyrrole nitrogens is 2. The summed E-state index contributed by atoms with van der Waals surface area (Å²) in [5, 5.41) is 27.6. The molecule has 1 saturated heterocycles. The number of nitrogens with two attached hydrogens (primary N) is 2. The van der Waals surface area contributed by atoms with Gasteiger partial charge in [-0.05, 0) is 226 Å². The van der Waals surface area contributed by atoms with Crippen molar-refractivity contribution in [3.05, 3.63) is 477 Å². The van der Waals surface area contributed by atoms with E-state index in [1.807, 2.05) is 117 Å². The zero-order valence-electron chi connectivity index (χ0n) is 81.1. The first-order chi connectivity index (χ1) is 69.4. The topological polar surface area (TPSA) is 216 Å². The van der Waals surface area contributed by atoms with E-state index in [4.69, 9.17) is 35.3 Å². The molecule has 0 spiro atoms. The van der Waals surface area contributed by atoms with Gasteiger partial charge in [-0.2, -0.15) is 10.2 Å². The molecule has 16 nitrogen and oxygen atoms in total. The second-order valence-corrected chi connectivity index (χ2v) is 43.5. The summed E-state index contributed by atoms with van der Waals surface area (Å²) in [5.74, 6) is -0.794. The molecule has 0 bridgehead atoms. The van der Waals surface area contributed by atoms with E-state index in [1.165, 1.54) is 63.7 Å². The van der Waals surface area contributed by atoms with Crippen LogP contribution in [0.3, 0.4) is 0 Å². The molecule has 0 unspecified atom stereocenters. The molecular formula is C120H114BBrN10O6P4Pd. The molecule has 0 atom stereocenters. The number of aryl methyl sites for hydroxylation is 2. The second-order valence-electron chi connectivity index (χ2n) is 33.7. The van der Waals surface area contributed by atoms with Gasteiger partial charge in [-0.3, -0.25) is 9.36 Å². The second kappa shape index (κ2) is 52.3. The van der Waals surface area contributed by atoms with Crippen molar-refractivity contribution in [1.82, 2.24) is 39.5 Å². The molecule has 720 valence electrons. The molecule has 0 radical (unpaired) electrons. The van der Waals surface area contributed by atoms with Gasteiger partial charge >= 0.3 is 19.1 Å². The van der Waals surface area contributed by atoms with E-state index in [0.29, 0.717) is 41.6 Å². The number of esters is 2. The normalized spacial score (nSPS) is 12.0. The summed E-state index contributed by atoms with van der Waals surface area (Å²) in [7, 11) is -2.29. The number of halogens is 1. The van der Waals surface area contributed by atoms with Crippen LogP contribution in [0, 0.1) is 0 Å². The van der Waals surface area contributed by atoms with E-state index in [0.717, 1.165) is 73.1 Å². The van der Waals surface area contributed by atoms with Crippen LogP contribution in [0.2, 0.25) is 0 Å². The molecule has 6 N–H and O–H groups in total. The minimum absolute atomic E-state index is 0. The van der Waals surface area contributed by atoms with Crippen molar-refractivity contribution >= 4 is 169 Å². The van der Waals surface area contributed by atoms with Crippen molar-refractivity contribution in [3.63, 3.8) is 0 Å². The van der Waals surface area contributed by atoms with Crippen LogP contribution in [0.15, 0.2) is 466 Å². The molecule has 21 rings (SSSR count). The quantitative estimate of drug-likeness (QED) is 0.0216. The van der Waals surface area contributed by atoms with Gasteiger partial charge in [-0.1, -0.05) is 388 Å². The summed E-state index contributed by atoms with van der Waals surface area (Å²) in [6.45, 7) is 17.9. The predicted molar refractivity (Wildman–Crippen MR) is 603 cm³/mol. The Morgan fingerprint density at radius 3 is 0.888 bits per heavy atom. The maximum absolute atomic E-state index is 12.1. The Balaban J connectivity index is 0.000000133. The third-order valence-electron chi connectivity index (χ3n) is 23.5. The van der Waals surface area contributed by atoms with E-state index in [-0.39, 0.29) is 20.4 Å². The first-order valence-electron chi connectivity index (χ1n) is 47.3. The molecular weight excluding hydrogens is 2000 g/mol. The molecule has 0 amide bonds. The smallest absolute Gasteiger partial charge is 0.461 e. The van der Waals surface area contributed by atoms with Gasteiger partial charge in [0.25, 0.3) is 0 Å². The van der Waals surface area contributed by atoms with Crippen LogP contribution in [0.1, 0.15) is 76.4 Å². The summed E-state index contributed by atoms with van der Waals surface area (Å²) in [5.41, 5.74) is 20.8. The first kappa shape index (κ1) is 105. The van der Waals surface area contributed by atoms with Gasteiger partial charge in [0.2, 0.25) is 0 Å². The van der Waals surface area contributed by atoms with Crippen LogP contribution in [0.4, 0.5) is 11.4 Å². The van der Waals surface area contributed by atoms with Gasteiger partial charge in [-0.25, -0.2) is 19.6 Å². The van der Waals surface area contributed by atoms with E-state index in [9.17, 15) is 9.59 Å². The number of aromatic nitrogens is 8. The number of ether oxygens (including phenoxy) is 2. The standard InChI is InChI=1S/C21H21N5O2.4C18H15P.C16H21BN2O4.C11H12BrN3.Pd/c1-3-26-12-17(19(25-26)13-6-5-7-14(22)10-13)15-8-9-23-20-16(15)11-18(24-20)21(27)28-4-2;4*1-4-10-16(11-5-1)19(17-12-6-2-7-13-17)18-14-8-3-9-15-18;1-6-21-14(20)12-9-10-11(7-8-18-13(10)19-12)17-22-15(2,3)16(4,5)23-17;1-2-15-7-10(12)11(14-15)8-4-3-5-9(13)6-8;/h5-12H,3-4,22H2,1-2H3,(H,23,24);4*1-15H;7-9H,6H2,1-5H3,(H,18,19);3-7H,2,13H2,1H3;.